The van der Waals surface area contributed by atoms with Gasteiger partial charge in [0.05, 0.1) is 5.56 Å². The molecule has 7 heteroatoms. The van der Waals surface area contributed by atoms with Crippen molar-refractivity contribution < 1.29 is 27.5 Å². The van der Waals surface area contributed by atoms with E-state index in [0.717, 1.165) is 31.4 Å². The molecule has 2 nitrogen and oxygen atoms in total. The summed E-state index contributed by atoms with van der Waals surface area (Å²) in [5.74, 6) is -2.71. The molecule has 0 radical (unpaired) electrons. The summed E-state index contributed by atoms with van der Waals surface area (Å²) < 4.78 is 54.4. The van der Waals surface area contributed by atoms with E-state index in [0.29, 0.717) is 12.8 Å². The monoisotopic (exact) mass is 352 g/mol. The highest BCUT2D eigenvalue weighted by Crippen LogP contribution is 2.42. The molecule has 0 amide bonds. The van der Waals surface area contributed by atoms with Crippen molar-refractivity contribution in [3.63, 3.8) is 0 Å². The third-order valence-corrected chi connectivity index (χ3v) is 4.53. The van der Waals surface area contributed by atoms with Gasteiger partial charge in [-0.1, -0.05) is 19.3 Å². The zero-order chi connectivity index (χ0) is 17.2. The molecule has 1 aromatic carbocycles. The lowest BCUT2D eigenvalue weighted by Gasteiger charge is -2.26. The number of hydrogen-bond acceptors (Lipinski definition) is 1. The Morgan fingerprint density at radius 2 is 1.87 bits per heavy atom. The maximum absolute atomic E-state index is 14.4. The maximum Gasteiger partial charge on any atom is 0.416 e. The number of alkyl halides is 4. The quantitative estimate of drug-likeness (QED) is 0.602. The number of rotatable bonds is 4. The smallest absolute Gasteiger partial charge is 0.416 e. The van der Waals surface area contributed by atoms with E-state index >= 15 is 0 Å². The van der Waals surface area contributed by atoms with Gasteiger partial charge in [0.15, 0.2) is 0 Å². The summed E-state index contributed by atoms with van der Waals surface area (Å²) in [5, 5.41) is 7.36. The molecule has 128 valence electrons. The van der Waals surface area contributed by atoms with Crippen LogP contribution in [0.3, 0.4) is 0 Å². The van der Waals surface area contributed by atoms with Gasteiger partial charge in [-0.2, -0.15) is 13.2 Å². The SMILES string of the molecule is O=C(O)C(Cl)Cc1cc(F)c(C2CCCCC2)c(C(F)(F)F)c1. The lowest BCUT2D eigenvalue weighted by Crippen LogP contribution is -2.19. The van der Waals surface area contributed by atoms with Gasteiger partial charge in [-0.05, 0) is 42.9 Å². The van der Waals surface area contributed by atoms with E-state index in [4.69, 9.17) is 16.7 Å². The predicted molar refractivity (Wildman–Crippen MR) is 78.2 cm³/mol. The Hall–Kier alpha value is -1.30. The number of benzene rings is 1. The zero-order valence-electron chi connectivity index (χ0n) is 12.3. The molecule has 0 saturated heterocycles. The van der Waals surface area contributed by atoms with Gasteiger partial charge in [0, 0.05) is 5.56 Å². The van der Waals surface area contributed by atoms with Gasteiger partial charge in [-0.25, -0.2) is 4.39 Å². The van der Waals surface area contributed by atoms with E-state index < -0.39 is 34.8 Å². The fraction of sp³-hybridized carbons (Fsp3) is 0.562. The number of aliphatic carboxylic acids is 1. The summed E-state index contributed by atoms with van der Waals surface area (Å²) >= 11 is 5.55. The first-order chi connectivity index (χ1) is 10.7. The molecule has 0 spiro atoms. The highest BCUT2D eigenvalue weighted by Gasteiger charge is 2.38. The summed E-state index contributed by atoms with van der Waals surface area (Å²) in [5.41, 5.74) is -1.35. The average molecular weight is 353 g/mol. The molecule has 1 atom stereocenters. The summed E-state index contributed by atoms with van der Waals surface area (Å²) in [6.45, 7) is 0. The van der Waals surface area contributed by atoms with E-state index in [-0.39, 0.29) is 17.5 Å². The fourth-order valence-electron chi connectivity index (χ4n) is 3.13. The van der Waals surface area contributed by atoms with E-state index in [1.165, 1.54) is 0 Å². The Balaban J connectivity index is 2.43. The number of carbonyl (C=O) groups is 1. The lowest BCUT2D eigenvalue weighted by atomic mass is 9.81. The minimum absolute atomic E-state index is 0.0585. The molecule has 1 unspecified atom stereocenters. The highest BCUT2D eigenvalue weighted by atomic mass is 35.5. The largest absolute Gasteiger partial charge is 0.480 e. The molecule has 1 aliphatic carbocycles. The van der Waals surface area contributed by atoms with Crippen molar-refractivity contribution in [2.75, 3.05) is 0 Å². The summed E-state index contributed by atoms with van der Waals surface area (Å²) in [7, 11) is 0. The first kappa shape index (κ1) is 18.0. The Bertz CT molecular complexity index is 580. The topological polar surface area (TPSA) is 37.3 Å². The number of carboxylic acid groups (broad SMARTS) is 1. The minimum Gasteiger partial charge on any atom is -0.480 e. The molecule has 1 aromatic rings. The standard InChI is InChI=1S/C16H17ClF4O2/c17-12(15(22)23)7-9-6-11(16(19,20)21)14(13(18)8-9)10-4-2-1-3-5-10/h6,8,10,12H,1-5,7H2,(H,22,23). The van der Waals surface area contributed by atoms with Gasteiger partial charge < -0.3 is 5.11 Å². The molecule has 0 bridgehead atoms. The van der Waals surface area contributed by atoms with E-state index in [9.17, 15) is 22.4 Å². The lowest BCUT2D eigenvalue weighted by molar-refractivity contribution is -0.138. The third-order valence-electron chi connectivity index (χ3n) is 4.19. The van der Waals surface area contributed by atoms with Crippen molar-refractivity contribution in [3.8, 4) is 0 Å². The van der Waals surface area contributed by atoms with Crippen LogP contribution in [0.4, 0.5) is 17.6 Å². The number of halogens is 5. The van der Waals surface area contributed by atoms with E-state index in [2.05, 4.69) is 0 Å². The third kappa shape index (κ3) is 4.37. The fourth-order valence-corrected chi connectivity index (χ4v) is 3.30. The van der Waals surface area contributed by atoms with Gasteiger partial charge in [0.2, 0.25) is 0 Å². The van der Waals surface area contributed by atoms with Gasteiger partial charge in [-0.15, -0.1) is 11.6 Å². The number of hydrogen-bond donors (Lipinski definition) is 1. The van der Waals surface area contributed by atoms with E-state index in [1.54, 1.807) is 0 Å². The van der Waals surface area contributed by atoms with Crippen LogP contribution in [0.2, 0.25) is 0 Å². The average Bonchev–Trinajstić information content (AvgIpc) is 2.46. The van der Waals surface area contributed by atoms with Crippen LogP contribution in [-0.4, -0.2) is 16.5 Å². The zero-order valence-corrected chi connectivity index (χ0v) is 13.1. The first-order valence-corrected chi connectivity index (χ1v) is 7.90. The molecule has 1 aliphatic rings. The molecule has 1 N–H and O–H groups in total. The Morgan fingerprint density at radius 1 is 1.26 bits per heavy atom. The highest BCUT2D eigenvalue weighted by molar-refractivity contribution is 6.29. The van der Waals surface area contributed by atoms with Gasteiger partial charge >= 0.3 is 12.1 Å². The molecule has 1 saturated carbocycles. The molecule has 0 heterocycles. The second-order valence-electron chi connectivity index (χ2n) is 5.88. The van der Waals surface area contributed by atoms with Crippen molar-refractivity contribution in [1.29, 1.82) is 0 Å². The Kier molecular flexibility index (Phi) is 5.55. The van der Waals surface area contributed by atoms with Crippen LogP contribution in [0, 0.1) is 5.82 Å². The van der Waals surface area contributed by atoms with Crippen LogP contribution in [0.15, 0.2) is 12.1 Å². The van der Waals surface area contributed by atoms with Crippen LogP contribution in [0.25, 0.3) is 0 Å². The Morgan fingerprint density at radius 3 is 2.39 bits per heavy atom. The second-order valence-corrected chi connectivity index (χ2v) is 6.41. The maximum atomic E-state index is 14.4. The van der Waals surface area contributed by atoms with Crippen molar-refractivity contribution in [2.24, 2.45) is 0 Å². The minimum atomic E-state index is -4.69. The summed E-state index contributed by atoms with van der Waals surface area (Å²) in [6.07, 6.45) is -1.46. The molecule has 1 fully saturated rings. The summed E-state index contributed by atoms with van der Waals surface area (Å²) in [6, 6.07) is 1.82. The summed E-state index contributed by atoms with van der Waals surface area (Å²) in [4.78, 5) is 10.7. The van der Waals surface area contributed by atoms with Gasteiger partial charge in [-0.3, -0.25) is 4.79 Å². The molecule has 0 aliphatic heterocycles. The van der Waals surface area contributed by atoms with Crippen molar-refractivity contribution >= 4 is 17.6 Å². The van der Waals surface area contributed by atoms with Crippen molar-refractivity contribution in [1.82, 2.24) is 0 Å². The predicted octanol–water partition coefficient (Wildman–Crippen LogP) is 5.13. The molecule has 23 heavy (non-hydrogen) atoms. The van der Waals surface area contributed by atoms with Crippen LogP contribution in [-0.2, 0) is 17.4 Å². The normalized spacial score (nSPS) is 18.0. The molecular weight excluding hydrogens is 336 g/mol. The molecule has 0 aromatic heterocycles. The van der Waals surface area contributed by atoms with Gasteiger partial charge in [0.25, 0.3) is 0 Å². The second kappa shape index (κ2) is 7.07. The first-order valence-electron chi connectivity index (χ1n) is 7.46. The molecule has 2 rings (SSSR count). The van der Waals surface area contributed by atoms with Crippen molar-refractivity contribution in [2.45, 2.75) is 56.0 Å². The Labute approximate surface area is 136 Å². The number of carboxylic acids is 1. The van der Waals surface area contributed by atoms with Crippen LogP contribution in [0.1, 0.15) is 54.7 Å². The molecular formula is C16H17ClF4O2. The van der Waals surface area contributed by atoms with Crippen molar-refractivity contribution in [3.05, 3.63) is 34.6 Å². The van der Waals surface area contributed by atoms with Crippen LogP contribution < -0.4 is 0 Å². The van der Waals surface area contributed by atoms with E-state index in [1.807, 2.05) is 0 Å². The van der Waals surface area contributed by atoms with Crippen LogP contribution in [0.5, 0.6) is 0 Å². The van der Waals surface area contributed by atoms with Gasteiger partial charge in [0.1, 0.15) is 11.2 Å². The van der Waals surface area contributed by atoms with Crippen LogP contribution >= 0.6 is 11.6 Å².